The molecule has 1 aliphatic heterocycles. The summed E-state index contributed by atoms with van der Waals surface area (Å²) in [6, 6.07) is 1.52. The molecule has 1 saturated heterocycles. The number of nitrogens with one attached hydrogen (secondary N) is 1. The Morgan fingerprint density at radius 1 is 1.42 bits per heavy atom. The van der Waals surface area contributed by atoms with Crippen molar-refractivity contribution in [2.75, 3.05) is 13.6 Å². The first-order chi connectivity index (χ1) is 9.22. The van der Waals surface area contributed by atoms with Gasteiger partial charge in [0.1, 0.15) is 0 Å². The van der Waals surface area contributed by atoms with Crippen LogP contribution in [-0.4, -0.2) is 35.6 Å². The number of hydrogen-bond donors (Lipinski definition) is 1. The zero-order valence-corrected chi connectivity index (χ0v) is 12.9. The molecule has 2 aliphatic rings. The number of aryl methyl sites for hydroxylation is 1. The highest BCUT2D eigenvalue weighted by molar-refractivity contribution is 7.09. The van der Waals surface area contributed by atoms with Crippen molar-refractivity contribution in [2.24, 2.45) is 5.92 Å². The summed E-state index contributed by atoms with van der Waals surface area (Å²) in [6.07, 6.45) is 7.11. The predicted molar refractivity (Wildman–Crippen MR) is 80.5 cm³/mol. The van der Waals surface area contributed by atoms with Crippen molar-refractivity contribution < 1.29 is 0 Å². The Bertz CT molecular complexity index is 403. The lowest BCUT2D eigenvalue weighted by Gasteiger charge is -2.24. The molecule has 1 aromatic heterocycles. The van der Waals surface area contributed by atoms with E-state index in [1.165, 1.54) is 49.2 Å². The Hall–Kier alpha value is -0.450. The second-order valence-electron chi connectivity index (χ2n) is 6.31. The molecule has 4 heteroatoms. The van der Waals surface area contributed by atoms with E-state index in [9.17, 15) is 0 Å². The molecule has 2 heterocycles. The molecule has 1 N–H and O–H groups in total. The van der Waals surface area contributed by atoms with Gasteiger partial charge in [0.25, 0.3) is 0 Å². The Morgan fingerprint density at radius 3 is 3.00 bits per heavy atom. The standard InChI is InChI=1S/C15H25N3S/c1-11-15(19-10-16-11)9-18(2)8-13-7-12-5-3-4-6-14(12)17-13/h10,12-14,17H,3-9H2,1-2H3. The third-order valence-corrected chi connectivity index (χ3v) is 5.66. The molecule has 1 aliphatic carbocycles. The van der Waals surface area contributed by atoms with Gasteiger partial charge in [0.15, 0.2) is 0 Å². The largest absolute Gasteiger partial charge is 0.310 e. The molecular weight excluding hydrogens is 254 g/mol. The Balaban J connectivity index is 1.50. The summed E-state index contributed by atoms with van der Waals surface area (Å²) in [5.41, 5.74) is 3.16. The zero-order chi connectivity index (χ0) is 13.2. The number of hydrogen-bond acceptors (Lipinski definition) is 4. The quantitative estimate of drug-likeness (QED) is 0.918. The topological polar surface area (TPSA) is 28.2 Å². The minimum absolute atomic E-state index is 0.700. The first-order valence-electron chi connectivity index (χ1n) is 7.56. The highest BCUT2D eigenvalue weighted by Crippen LogP contribution is 2.33. The summed E-state index contributed by atoms with van der Waals surface area (Å²) in [7, 11) is 2.24. The lowest BCUT2D eigenvalue weighted by molar-refractivity contribution is 0.290. The van der Waals surface area contributed by atoms with Gasteiger partial charge in [-0.1, -0.05) is 12.8 Å². The molecule has 1 saturated carbocycles. The molecule has 0 amide bonds. The van der Waals surface area contributed by atoms with Gasteiger partial charge >= 0.3 is 0 Å². The van der Waals surface area contributed by atoms with Gasteiger partial charge in [-0.25, -0.2) is 4.98 Å². The van der Waals surface area contributed by atoms with E-state index in [4.69, 9.17) is 0 Å². The van der Waals surface area contributed by atoms with Crippen molar-refractivity contribution >= 4 is 11.3 Å². The maximum absolute atomic E-state index is 4.34. The van der Waals surface area contributed by atoms with Gasteiger partial charge in [-0.2, -0.15) is 0 Å². The average molecular weight is 279 g/mol. The van der Waals surface area contributed by atoms with E-state index in [-0.39, 0.29) is 0 Å². The van der Waals surface area contributed by atoms with Crippen molar-refractivity contribution in [3.63, 3.8) is 0 Å². The highest BCUT2D eigenvalue weighted by atomic mass is 32.1. The van der Waals surface area contributed by atoms with Crippen LogP contribution in [0, 0.1) is 12.8 Å². The van der Waals surface area contributed by atoms with Crippen LogP contribution in [0.15, 0.2) is 5.51 Å². The fourth-order valence-electron chi connectivity index (χ4n) is 3.74. The molecule has 3 nitrogen and oxygen atoms in total. The maximum Gasteiger partial charge on any atom is 0.0798 e. The van der Waals surface area contributed by atoms with E-state index in [0.29, 0.717) is 6.04 Å². The van der Waals surface area contributed by atoms with Gasteiger partial charge in [-0.15, -0.1) is 11.3 Å². The van der Waals surface area contributed by atoms with Crippen LogP contribution < -0.4 is 5.32 Å². The smallest absolute Gasteiger partial charge is 0.0798 e. The van der Waals surface area contributed by atoms with Crippen molar-refractivity contribution in [1.82, 2.24) is 15.2 Å². The number of thiazole rings is 1. The van der Waals surface area contributed by atoms with Crippen molar-refractivity contribution in [3.8, 4) is 0 Å². The summed E-state index contributed by atoms with van der Waals surface area (Å²) >= 11 is 1.78. The monoisotopic (exact) mass is 279 g/mol. The van der Waals surface area contributed by atoms with Crippen LogP contribution in [-0.2, 0) is 6.54 Å². The highest BCUT2D eigenvalue weighted by Gasteiger charge is 2.35. The lowest BCUT2D eigenvalue weighted by Crippen LogP contribution is -2.39. The predicted octanol–water partition coefficient (Wildman–Crippen LogP) is 2.80. The molecule has 3 atom stereocenters. The second kappa shape index (κ2) is 5.90. The number of likely N-dealkylation sites (N-methyl/N-ethyl adjacent to an activating group) is 1. The first-order valence-corrected chi connectivity index (χ1v) is 8.44. The zero-order valence-electron chi connectivity index (χ0n) is 12.1. The third kappa shape index (κ3) is 3.18. The Morgan fingerprint density at radius 2 is 2.26 bits per heavy atom. The minimum atomic E-state index is 0.700. The number of rotatable bonds is 4. The first kappa shape index (κ1) is 13.5. The Kier molecular flexibility index (Phi) is 4.20. The summed E-state index contributed by atoms with van der Waals surface area (Å²) in [4.78, 5) is 8.21. The van der Waals surface area contributed by atoms with Crippen LogP contribution in [0.1, 0.15) is 42.7 Å². The van der Waals surface area contributed by atoms with Crippen LogP contribution in [0.2, 0.25) is 0 Å². The lowest BCUT2D eigenvalue weighted by atomic mass is 9.85. The van der Waals surface area contributed by atoms with Crippen LogP contribution in [0.3, 0.4) is 0 Å². The average Bonchev–Trinajstić information content (AvgIpc) is 2.95. The van der Waals surface area contributed by atoms with Gasteiger partial charge in [-0.05, 0) is 39.2 Å². The molecule has 2 fully saturated rings. The molecule has 0 aromatic carbocycles. The van der Waals surface area contributed by atoms with Gasteiger partial charge < -0.3 is 5.32 Å². The number of nitrogens with zero attached hydrogens (tertiary/aromatic N) is 2. The minimum Gasteiger partial charge on any atom is -0.310 e. The van der Waals surface area contributed by atoms with Gasteiger partial charge in [0.05, 0.1) is 11.2 Å². The van der Waals surface area contributed by atoms with Crippen molar-refractivity contribution in [1.29, 1.82) is 0 Å². The summed E-state index contributed by atoms with van der Waals surface area (Å²) < 4.78 is 0. The molecule has 0 bridgehead atoms. The van der Waals surface area contributed by atoms with Gasteiger partial charge in [0.2, 0.25) is 0 Å². The van der Waals surface area contributed by atoms with Crippen molar-refractivity contribution in [2.45, 2.75) is 57.7 Å². The van der Waals surface area contributed by atoms with Crippen LogP contribution in [0.5, 0.6) is 0 Å². The summed E-state index contributed by atoms with van der Waals surface area (Å²) in [5, 5.41) is 3.86. The Labute approximate surface area is 120 Å². The second-order valence-corrected chi connectivity index (χ2v) is 7.25. The van der Waals surface area contributed by atoms with E-state index < -0.39 is 0 Å². The SMILES string of the molecule is Cc1ncsc1CN(C)CC1CC2CCCCC2N1. The third-order valence-electron chi connectivity index (χ3n) is 4.74. The van der Waals surface area contributed by atoms with Gasteiger partial charge in [0, 0.05) is 30.1 Å². The molecule has 106 valence electrons. The van der Waals surface area contributed by atoms with Crippen LogP contribution in [0.25, 0.3) is 0 Å². The molecule has 3 unspecified atom stereocenters. The molecular formula is C15H25N3S. The number of fused-ring (bicyclic) bond motifs is 1. The molecule has 3 rings (SSSR count). The van der Waals surface area contributed by atoms with Crippen LogP contribution in [0.4, 0.5) is 0 Å². The summed E-state index contributed by atoms with van der Waals surface area (Å²) in [5.74, 6) is 0.956. The molecule has 19 heavy (non-hydrogen) atoms. The molecule has 1 aromatic rings. The van der Waals surface area contributed by atoms with E-state index in [1.807, 2.05) is 5.51 Å². The molecule has 0 radical (unpaired) electrons. The maximum atomic E-state index is 4.34. The fraction of sp³-hybridized carbons (Fsp3) is 0.800. The van der Waals surface area contributed by atoms with Gasteiger partial charge in [-0.3, -0.25) is 4.90 Å². The van der Waals surface area contributed by atoms with E-state index >= 15 is 0 Å². The van der Waals surface area contributed by atoms with E-state index in [1.54, 1.807) is 11.3 Å². The number of aromatic nitrogens is 1. The normalized spacial score (nSPS) is 30.8. The van der Waals surface area contributed by atoms with Crippen LogP contribution >= 0.6 is 11.3 Å². The molecule has 0 spiro atoms. The van der Waals surface area contributed by atoms with E-state index in [2.05, 4.69) is 29.2 Å². The summed E-state index contributed by atoms with van der Waals surface area (Å²) in [6.45, 7) is 4.33. The fourth-order valence-corrected chi connectivity index (χ4v) is 4.59. The van der Waals surface area contributed by atoms with Crippen molar-refractivity contribution in [3.05, 3.63) is 16.1 Å². The van der Waals surface area contributed by atoms with E-state index in [0.717, 1.165) is 18.5 Å².